The Hall–Kier alpha value is -0.650. The third-order valence-electron chi connectivity index (χ3n) is 2.65. The van der Waals surface area contributed by atoms with E-state index < -0.39 is 0 Å². The van der Waals surface area contributed by atoms with E-state index in [0.717, 1.165) is 30.5 Å². The third kappa shape index (κ3) is 4.26. The summed E-state index contributed by atoms with van der Waals surface area (Å²) in [5, 5.41) is 6.40. The minimum absolute atomic E-state index is 0.489. The van der Waals surface area contributed by atoms with Gasteiger partial charge in [-0.1, -0.05) is 0 Å². The monoisotopic (exact) mass is 256 g/mol. The molecule has 1 unspecified atom stereocenters. The highest BCUT2D eigenvalue weighted by Gasteiger charge is 2.16. The first-order chi connectivity index (χ1) is 8.08. The number of hydrogen-bond donors (Lipinski definition) is 1. The van der Waals surface area contributed by atoms with E-state index in [-0.39, 0.29) is 0 Å². The predicted molar refractivity (Wildman–Crippen MR) is 75.9 cm³/mol. The molecular formula is C12H24N4S. The second-order valence-corrected chi connectivity index (χ2v) is 5.39. The van der Waals surface area contributed by atoms with E-state index >= 15 is 0 Å². The van der Waals surface area contributed by atoms with Gasteiger partial charge in [-0.2, -0.15) is 0 Å². The van der Waals surface area contributed by atoms with Gasteiger partial charge in [-0.3, -0.25) is 0 Å². The van der Waals surface area contributed by atoms with Crippen LogP contribution in [-0.4, -0.2) is 50.2 Å². The molecule has 1 rings (SSSR count). The number of thiazole rings is 1. The first-order valence-electron chi connectivity index (χ1n) is 6.08. The van der Waals surface area contributed by atoms with Gasteiger partial charge in [0.15, 0.2) is 5.13 Å². The fourth-order valence-electron chi connectivity index (χ4n) is 1.95. The Bertz CT molecular complexity index is 324. The molecule has 0 aliphatic heterocycles. The lowest BCUT2D eigenvalue weighted by Crippen LogP contribution is -2.40. The molecule has 0 saturated carbocycles. The minimum atomic E-state index is 0.489. The largest absolute Gasteiger partial charge is 0.344 e. The summed E-state index contributed by atoms with van der Waals surface area (Å²) >= 11 is 1.73. The molecule has 0 saturated heterocycles. The summed E-state index contributed by atoms with van der Waals surface area (Å²) in [6.07, 6.45) is 0. The fourth-order valence-corrected chi connectivity index (χ4v) is 2.94. The van der Waals surface area contributed by atoms with Gasteiger partial charge in [0.25, 0.3) is 0 Å². The van der Waals surface area contributed by atoms with Crippen LogP contribution < -0.4 is 10.2 Å². The Morgan fingerprint density at radius 1 is 1.47 bits per heavy atom. The molecule has 17 heavy (non-hydrogen) atoms. The van der Waals surface area contributed by atoms with Crippen molar-refractivity contribution in [3.05, 3.63) is 11.1 Å². The first kappa shape index (κ1) is 14.4. The van der Waals surface area contributed by atoms with Crippen molar-refractivity contribution in [2.75, 3.05) is 39.1 Å². The van der Waals surface area contributed by atoms with Crippen molar-refractivity contribution in [1.29, 1.82) is 0 Å². The molecule has 0 fully saturated rings. The zero-order valence-corrected chi connectivity index (χ0v) is 12.3. The molecule has 0 aliphatic rings. The van der Waals surface area contributed by atoms with Crippen LogP contribution in [-0.2, 0) is 6.54 Å². The van der Waals surface area contributed by atoms with Crippen LogP contribution in [0, 0.1) is 0 Å². The molecule has 0 aliphatic carbocycles. The highest BCUT2D eigenvalue weighted by Crippen LogP contribution is 2.22. The van der Waals surface area contributed by atoms with Crippen LogP contribution in [0.2, 0.25) is 0 Å². The number of nitrogens with zero attached hydrogens (tertiary/aromatic N) is 3. The van der Waals surface area contributed by atoms with Crippen molar-refractivity contribution in [2.45, 2.75) is 26.4 Å². The summed E-state index contributed by atoms with van der Waals surface area (Å²) in [7, 11) is 6.17. The standard InChI is InChI=1S/C12H24N4S/c1-6-16(10(2)8-15(4)5)12-14-11(7-13-3)9-17-12/h9-10,13H,6-8H2,1-5H3. The number of likely N-dealkylation sites (N-methyl/N-ethyl adjacent to an activating group) is 2. The molecule has 5 heteroatoms. The van der Waals surface area contributed by atoms with Crippen molar-refractivity contribution >= 4 is 16.5 Å². The Labute approximate surface area is 109 Å². The highest BCUT2D eigenvalue weighted by molar-refractivity contribution is 7.13. The Kier molecular flexibility index (Phi) is 5.88. The van der Waals surface area contributed by atoms with Gasteiger partial charge in [-0.25, -0.2) is 4.98 Å². The summed E-state index contributed by atoms with van der Waals surface area (Å²) < 4.78 is 0. The van der Waals surface area contributed by atoms with E-state index in [2.05, 4.69) is 53.4 Å². The number of nitrogens with one attached hydrogen (secondary N) is 1. The Morgan fingerprint density at radius 3 is 2.71 bits per heavy atom. The van der Waals surface area contributed by atoms with Crippen molar-refractivity contribution < 1.29 is 0 Å². The minimum Gasteiger partial charge on any atom is -0.344 e. The summed E-state index contributed by atoms with van der Waals surface area (Å²) in [4.78, 5) is 9.25. The van der Waals surface area contributed by atoms with Gasteiger partial charge in [-0.15, -0.1) is 11.3 Å². The van der Waals surface area contributed by atoms with E-state index in [1.54, 1.807) is 11.3 Å². The summed E-state index contributed by atoms with van der Waals surface area (Å²) in [6, 6.07) is 0.489. The van der Waals surface area contributed by atoms with Crippen molar-refractivity contribution in [2.24, 2.45) is 0 Å². The molecule has 0 radical (unpaired) electrons. The van der Waals surface area contributed by atoms with Crippen LogP contribution in [0.4, 0.5) is 5.13 Å². The fraction of sp³-hybridized carbons (Fsp3) is 0.750. The zero-order valence-electron chi connectivity index (χ0n) is 11.5. The van der Waals surface area contributed by atoms with Crippen LogP contribution >= 0.6 is 11.3 Å². The molecule has 4 nitrogen and oxygen atoms in total. The molecular weight excluding hydrogens is 232 g/mol. The van der Waals surface area contributed by atoms with Gasteiger partial charge >= 0.3 is 0 Å². The molecule has 0 amide bonds. The lowest BCUT2D eigenvalue weighted by Gasteiger charge is -2.29. The van der Waals surface area contributed by atoms with E-state index in [0.29, 0.717) is 6.04 Å². The van der Waals surface area contributed by atoms with Crippen LogP contribution in [0.5, 0.6) is 0 Å². The lowest BCUT2D eigenvalue weighted by atomic mass is 10.3. The summed E-state index contributed by atoms with van der Waals surface area (Å²) in [5.74, 6) is 0. The summed E-state index contributed by atoms with van der Waals surface area (Å²) in [5.41, 5.74) is 1.13. The van der Waals surface area contributed by atoms with Gasteiger partial charge in [0.2, 0.25) is 0 Å². The third-order valence-corrected chi connectivity index (χ3v) is 3.57. The van der Waals surface area contributed by atoms with Crippen molar-refractivity contribution in [3.63, 3.8) is 0 Å². The van der Waals surface area contributed by atoms with Gasteiger partial charge in [0, 0.05) is 31.1 Å². The quantitative estimate of drug-likeness (QED) is 0.803. The summed E-state index contributed by atoms with van der Waals surface area (Å²) in [6.45, 7) is 7.33. The normalized spacial score (nSPS) is 13.1. The van der Waals surface area contributed by atoms with E-state index in [4.69, 9.17) is 0 Å². The average Bonchev–Trinajstić information content (AvgIpc) is 2.67. The Balaban J connectivity index is 2.71. The average molecular weight is 256 g/mol. The Morgan fingerprint density at radius 2 is 2.18 bits per heavy atom. The molecule has 1 aromatic rings. The molecule has 1 N–H and O–H groups in total. The van der Waals surface area contributed by atoms with Gasteiger partial charge in [0.05, 0.1) is 5.69 Å². The highest BCUT2D eigenvalue weighted by atomic mass is 32.1. The number of hydrogen-bond acceptors (Lipinski definition) is 5. The van der Waals surface area contributed by atoms with Crippen LogP contribution in [0.25, 0.3) is 0 Å². The van der Waals surface area contributed by atoms with E-state index in [1.807, 2.05) is 7.05 Å². The second-order valence-electron chi connectivity index (χ2n) is 4.55. The topological polar surface area (TPSA) is 31.4 Å². The van der Waals surface area contributed by atoms with Crippen LogP contribution in [0.1, 0.15) is 19.5 Å². The van der Waals surface area contributed by atoms with Crippen molar-refractivity contribution in [1.82, 2.24) is 15.2 Å². The van der Waals surface area contributed by atoms with Gasteiger partial charge in [0.1, 0.15) is 0 Å². The van der Waals surface area contributed by atoms with Gasteiger partial charge in [-0.05, 0) is 35.0 Å². The molecule has 98 valence electrons. The maximum atomic E-state index is 4.66. The number of rotatable bonds is 7. The van der Waals surface area contributed by atoms with Gasteiger partial charge < -0.3 is 15.1 Å². The molecule has 1 atom stereocenters. The molecule has 1 aromatic heterocycles. The zero-order chi connectivity index (χ0) is 12.8. The first-order valence-corrected chi connectivity index (χ1v) is 6.96. The number of anilines is 1. The van der Waals surface area contributed by atoms with Crippen LogP contribution in [0.3, 0.4) is 0 Å². The van der Waals surface area contributed by atoms with E-state index in [1.165, 1.54) is 0 Å². The van der Waals surface area contributed by atoms with Crippen molar-refractivity contribution in [3.8, 4) is 0 Å². The predicted octanol–water partition coefficient (Wildman–Crippen LogP) is 1.64. The maximum Gasteiger partial charge on any atom is 0.185 e. The molecule has 1 heterocycles. The lowest BCUT2D eigenvalue weighted by molar-refractivity contribution is 0.373. The molecule has 0 spiro atoms. The molecule has 0 bridgehead atoms. The smallest absolute Gasteiger partial charge is 0.185 e. The SMILES string of the molecule is CCN(c1nc(CNC)cs1)C(C)CN(C)C. The second kappa shape index (κ2) is 6.93. The van der Waals surface area contributed by atoms with E-state index in [9.17, 15) is 0 Å². The maximum absolute atomic E-state index is 4.66. The molecule has 0 aromatic carbocycles. The number of aromatic nitrogens is 1. The van der Waals surface area contributed by atoms with Crippen LogP contribution in [0.15, 0.2) is 5.38 Å².